The number of hydrogen-bond acceptors (Lipinski definition) is 2. The summed E-state index contributed by atoms with van der Waals surface area (Å²) in [6.07, 6.45) is 1.51. The molecule has 3 rings (SSSR count). The Hall–Kier alpha value is -1.51. The standard InChI is InChI=1S/C14H18N2O/c1-13(2)10-6-4-5-7-11(10)16(3)14(13)9-8-12(17)15-14/h4-7H,8-9H2,1-3H3,(H,15,17)/t14-/m0/s1. The Morgan fingerprint density at radius 3 is 2.59 bits per heavy atom. The highest BCUT2D eigenvalue weighted by Gasteiger charge is 2.58. The first-order valence-electron chi connectivity index (χ1n) is 6.13. The van der Waals surface area contributed by atoms with Crippen LogP contribution in [0.4, 0.5) is 5.69 Å². The van der Waals surface area contributed by atoms with Gasteiger partial charge < -0.3 is 10.2 Å². The quantitative estimate of drug-likeness (QED) is 0.739. The van der Waals surface area contributed by atoms with E-state index < -0.39 is 0 Å². The predicted octanol–water partition coefficient (Wildman–Crippen LogP) is 2.02. The normalized spacial score (nSPS) is 29.6. The van der Waals surface area contributed by atoms with Crippen LogP contribution in [0.2, 0.25) is 0 Å². The minimum atomic E-state index is -0.242. The van der Waals surface area contributed by atoms with Crippen molar-refractivity contribution in [2.75, 3.05) is 11.9 Å². The lowest BCUT2D eigenvalue weighted by molar-refractivity contribution is -0.120. The third kappa shape index (κ3) is 1.09. The van der Waals surface area contributed by atoms with Crippen molar-refractivity contribution in [1.29, 1.82) is 0 Å². The Bertz CT molecular complexity index is 495. The fraction of sp³-hybridized carbons (Fsp3) is 0.500. The van der Waals surface area contributed by atoms with Gasteiger partial charge in [0.1, 0.15) is 5.66 Å². The molecule has 2 heterocycles. The van der Waals surface area contributed by atoms with Crippen LogP contribution in [0.15, 0.2) is 24.3 Å². The SMILES string of the molecule is CN1c2ccccc2C(C)(C)[C@]12CCC(=O)N2. The molecule has 0 saturated carbocycles. The van der Waals surface area contributed by atoms with Gasteiger partial charge in [-0.2, -0.15) is 0 Å². The lowest BCUT2D eigenvalue weighted by atomic mass is 9.75. The number of carbonyl (C=O) groups is 1. The van der Waals surface area contributed by atoms with Gasteiger partial charge >= 0.3 is 0 Å². The molecule has 1 N–H and O–H groups in total. The summed E-state index contributed by atoms with van der Waals surface area (Å²) >= 11 is 0. The van der Waals surface area contributed by atoms with Crippen LogP contribution in [0.3, 0.4) is 0 Å². The lowest BCUT2D eigenvalue weighted by Gasteiger charge is -2.43. The summed E-state index contributed by atoms with van der Waals surface area (Å²) in [5.41, 5.74) is 2.27. The summed E-state index contributed by atoms with van der Waals surface area (Å²) < 4.78 is 0. The Morgan fingerprint density at radius 1 is 1.29 bits per heavy atom. The molecular formula is C14H18N2O. The van der Waals surface area contributed by atoms with Gasteiger partial charge in [-0.3, -0.25) is 4.79 Å². The van der Waals surface area contributed by atoms with E-state index in [1.54, 1.807) is 0 Å². The van der Waals surface area contributed by atoms with Gasteiger partial charge in [0.25, 0.3) is 0 Å². The number of benzene rings is 1. The van der Waals surface area contributed by atoms with E-state index in [0.29, 0.717) is 6.42 Å². The van der Waals surface area contributed by atoms with Crippen molar-refractivity contribution >= 4 is 11.6 Å². The third-order valence-corrected chi connectivity index (χ3v) is 4.61. The van der Waals surface area contributed by atoms with E-state index in [-0.39, 0.29) is 17.0 Å². The highest BCUT2D eigenvalue weighted by Crippen LogP contribution is 2.52. The third-order valence-electron chi connectivity index (χ3n) is 4.61. The number of para-hydroxylation sites is 1. The first-order valence-corrected chi connectivity index (χ1v) is 6.13. The number of carbonyl (C=O) groups excluding carboxylic acids is 1. The van der Waals surface area contributed by atoms with E-state index in [0.717, 1.165) is 6.42 Å². The molecule has 0 unspecified atom stereocenters. The minimum absolute atomic E-state index is 0.0511. The van der Waals surface area contributed by atoms with Crippen LogP contribution in [-0.4, -0.2) is 18.6 Å². The molecule has 17 heavy (non-hydrogen) atoms. The van der Waals surface area contributed by atoms with Gasteiger partial charge in [-0.05, 0) is 18.1 Å². The fourth-order valence-electron chi connectivity index (χ4n) is 3.51. The summed E-state index contributed by atoms with van der Waals surface area (Å²) in [4.78, 5) is 13.9. The molecule has 0 aliphatic carbocycles. The maximum absolute atomic E-state index is 11.7. The monoisotopic (exact) mass is 230 g/mol. The minimum Gasteiger partial charge on any atom is -0.351 e. The molecule has 90 valence electrons. The van der Waals surface area contributed by atoms with E-state index in [1.807, 2.05) is 0 Å². The van der Waals surface area contributed by atoms with Crippen LogP contribution >= 0.6 is 0 Å². The number of nitrogens with zero attached hydrogens (tertiary/aromatic N) is 1. The molecular weight excluding hydrogens is 212 g/mol. The van der Waals surface area contributed by atoms with Crippen molar-refractivity contribution in [3.05, 3.63) is 29.8 Å². The van der Waals surface area contributed by atoms with Crippen LogP contribution in [0, 0.1) is 0 Å². The van der Waals surface area contributed by atoms with Gasteiger partial charge in [0, 0.05) is 24.6 Å². The fourth-order valence-corrected chi connectivity index (χ4v) is 3.51. The van der Waals surface area contributed by atoms with Crippen LogP contribution < -0.4 is 10.2 Å². The molecule has 2 aliphatic heterocycles. The van der Waals surface area contributed by atoms with Crippen molar-refractivity contribution in [3.63, 3.8) is 0 Å². The van der Waals surface area contributed by atoms with Crippen molar-refractivity contribution in [3.8, 4) is 0 Å². The van der Waals surface area contributed by atoms with Crippen LogP contribution in [-0.2, 0) is 10.2 Å². The molecule has 3 nitrogen and oxygen atoms in total. The molecule has 3 heteroatoms. The van der Waals surface area contributed by atoms with E-state index >= 15 is 0 Å². The van der Waals surface area contributed by atoms with Gasteiger partial charge in [-0.25, -0.2) is 0 Å². The molecule has 0 aromatic heterocycles. The second-order valence-corrected chi connectivity index (χ2v) is 5.61. The molecule has 0 radical (unpaired) electrons. The molecule has 1 amide bonds. The van der Waals surface area contributed by atoms with Gasteiger partial charge in [0.15, 0.2) is 0 Å². The highest BCUT2D eigenvalue weighted by atomic mass is 16.2. The van der Waals surface area contributed by atoms with Crippen molar-refractivity contribution in [2.24, 2.45) is 0 Å². The molecule has 0 bridgehead atoms. The predicted molar refractivity (Wildman–Crippen MR) is 68.0 cm³/mol. The van der Waals surface area contributed by atoms with Crippen molar-refractivity contribution < 1.29 is 4.79 Å². The molecule has 1 fully saturated rings. The molecule has 1 spiro atoms. The number of hydrogen-bond donors (Lipinski definition) is 1. The number of likely N-dealkylation sites (N-methyl/N-ethyl adjacent to an activating group) is 1. The summed E-state index contributed by atoms with van der Waals surface area (Å²) in [6, 6.07) is 8.44. The Kier molecular flexibility index (Phi) is 1.90. The Labute approximate surface area is 102 Å². The average Bonchev–Trinajstić information content (AvgIpc) is 2.77. The Balaban J connectivity index is 2.19. The average molecular weight is 230 g/mol. The summed E-state index contributed by atoms with van der Waals surface area (Å²) in [7, 11) is 2.08. The van der Waals surface area contributed by atoms with Crippen LogP contribution in [0.5, 0.6) is 0 Å². The summed E-state index contributed by atoms with van der Waals surface area (Å²) in [5, 5.41) is 3.20. The first-order chi connectivity index (χ1) is 7.99. The number of nitrogens with one attached hydrogen (secondary N) is 1. The maximum Gasteiger partial charge on any atom is 0.221 e. The van der Waals surface area contributed by atoms with E-state index in [9.17, 15) is 4.79 Å². The second-order valence-electron chi connectivity index (χ2n) is 5.61. The van der Waals surface area contributed by atoms with E-state index in [1.165, 1.54) is 11.3 Å². The van der Waals surface area contributed by atoms with Gasteiger partial charge in [-0.15, -0.1) is 0 Å². The van der Waals surface area contributed by atoms with E-state index in [4.69, 9.17) is 0 Å². The highest BCUT2D eigenvalue weighted by molar-refractivity contribution is 5.83. The van der Waals surface area contributed by atoms with Crippen LogP contribution in [0.25, 0.3) is 0 Å². The first kappa shape index (κ1) is 10.6. The number of fused-ring (bicyclic) bond motifs is 1. The zero-order chi connectivity index (χ0) is 12.3. The number of rotatable bonds is 0. The lowest BCUT2D eigenvalue weighted by Crippen LogP contribution is -2.61. The number of anilines is 1. The maximum atomic E-state index is 11.7. The topological polar surface area (TPSA) is 32.3 Å². The largest absolute Gasteiger partial charge is 0.351 e. The molecule has 1 atom stereocenters. The summed E-state index contributed by atoms with van der Waals surface area (Å²) in [6.45, 7) is 4.45. The number of amides is 1. The summed E-state index contributed by atoms with van der Waals surface area (Å²) in [5.74, 6) is 0.165. The molecule has 1 saturated heterocycles. The van der Waals surface area contributed by atoms with Gasteiger partial charge in [0.2, 0.25) is 5.91 Å². The molecule has 1 aromatic carbocycles. The Morgan fingerprint density at radius 2 is 2.00 bits per heavy atom. The van der Waals surface area contributed by atoms with Gasteiger partial charge in [-0.1, -0.05) is 32.0 Å². The zero-order valence-corrected chi connectivity index (χ0v) is 10.6. The molecule has 2 aliphatic rings. The van der Waals surface area contributed by atoms with Crippen molar-refractivity contribution in [2.45, 2.75) is 37.8 Å². The second kappa shape index (κ2) is 3.03. The van der Waals surface area contributed by atoms with E-state index in [2.05, 4.69) is 55.4 Å². The smallest absolute Gasteiger partial charge is 0.221 e. The van der Waals surface area contributed by atoms with Crippen molar-refractivity contribution in [1.82, 2.24) is 5.32 Å². The van der Waals surface area contributed by atoms with Crippen LogP contribution in [0.1, 0.15) is 32.3 Å². The van der Waals surface area contributed by atoms with Gasteiger partial charge in [0.05, 0.1) is 0 Å². The molecule has 1 aromatic rings. The zero-order valence-electron chi connectivity index (χ0n) is 10.6.